The number of unbranched alkanes of at least 4 members (excludes halogenated alkanes) is 15. The zero-order valence-corrected chi connectivity index (χ0v) is 23.0. The van der Waals surface area contributed by atoms with E-state index in [0.717, 1.165) is 0 Å². The molecular formula is C24H53O4PSe. The molecule has 0 bridgehead atoms. The topological polar surface area (TPSA) is 74.6 Å². The Morgan fingerprint density at radius 3 is 0.900 bits per heavy atom. The first-order chi connectivity index (χ1) is 14.3. The summed E-state index contributed by atoms with van der Waals surface area (Å²) >= 11 is -5.25. The maximum atomic E-state index is 8.82. The van der Waals surface area contributed by atoms with Gasteiger partial charge in [0.15, 0.2) is 0 Å². The van der Waals surface area contributed by atoms with Crippen LogP contribution in [0.5, 0.6) is 0 Å². The van der Waals surface area contributed by atoms with Gasteiger partial charge in [-0.15, -0.1) is 7.92 Å². The molecule has 0 aromatic carbocycles. The van der Waals surface area contributed by atoms with Crippen molar-refractivity contribution in [3.05, 3.63) is 0 Å². The van der Waals surface area contributed by atoms with Gasteiger partial charge in [0.25, 0.3) is 0 Å². The van der Waals surface area contributed by atoms with Crippen LogP contribution in [0.15, 0.2) is 0 Å². The van der Waals surface area contributed by atoms with E-state index in [9.17, 15) is 0 Å². The molecule has 0 aliphatic rings. The Kier molecular flexibility index (Phi) is 28.0. The van der Waals surface area contributed by atoms with E-state index < -0.39 is 13.4 Å². The van der Waals surface area contributed by atoms with Crippen LogP contribution in [-0.2, 0) is 7.67 Å². The van der Waals surface area contributed by atoms with Crippen molar-refractivity contribution in [1.29, 1.82) is 0 Å². The van der Waals surface area contributed by atoms with Crippen molar-refractivity contribution in [1.82, 2.24) is 0 Å². The first kappa shape index (κ1) is 32.6. The molecule has 6 heteroatoms. The van der Waals surface area contributed by atoms with E-state index in [1.807, 2.05) is 0 Å². The van der Waals surface area contributed by atoms with Gasteiger partial charge in [0.05, 0.1) is 0 Å². The first-order valence-electron chi connectivity index (χ1n) is 12.8. The van der Waals surface area contributed by atoms with Gasteiger partial charge in [-0.3, -0.25) is 0 Å². The van der Waals surface area contributed by atoms with E-state index in [2.05, 4.69) is 20.8 Å². The van der Waals surface area contributed by atoms with Crippen molar-refractivity contribution in [3.63, 3.8) is 0 Å². The van der Waals surface area contributed by atoms with Crippen molar-refractivity contribution in [2.24, 2.45) is 0 Å². The number of rotatable bonds is 21. The predicted octanol–water partition coefficient (Wildman–Crippen LogP) is 7.82. The average Bonchev–Trinajstić information content (AvgIpc) is 2.68. The third kappa shape index (κ3) is 35.9. The van der Waals surface area contributed by atoms with Gasteiger partial charge in [0.2, 0.25) is 0 Å². The molecule has 0 unspecified atom stereocenters. The second-order valence-electron chi connectivity index (χ2n) is 8.59. The quantitative estimate of drug-likeness (QED) is 0.0928. The molecule has 184 valence electrons. The van der Waals surface area contributed by atoms with Gasteiger partial charge in [-0.05, 0) is 37.7 Å². The van der Waals surface area contributed by atoms with Crippen LogP contribution in [0.3, 0.4) is 0 Å². The maximum absolute atomic E-state index is 8.82. The fourth-order valence-electron chi connectivity index (χ4n) is 3.68. The summed E-state index contributed by atoms with van der Waals surface area (Å²) in [7, 11) is 0.366. The summed E-state index contributed by atoms with van der Waals surface area (Å²) in [6.07, 6.45) is 31.2. The Hall–Kier alpha value is 0.469. The molecule has 30 heavy (non-hydrogen) atoms. The minimum absolute atomic E-state index is 0.366. The van der Waals surface area contributed by atoms with Crippen LogP contribution >= 0.6 is 7.92 Å². The van der Waals surface area contributed by atoms with Gasteiger partial charge in [-0.2, -0.15) is 0 Å². The van der Waals surface area contributed by atoms with Crippen LogP contribution < -0.4 is 0 Å². The molecule has 4 nitrogen and oxygen atoms in total. The van der Waals surface area contributed by atoms with Crippen LogP contribution in [0.1, 0.15) is 136 Å². The second-order valence-corrected chi connectivity index (χ2v) is 13.2. The Morgan fingerprint density at radius 1 is 0.467 bits per heavy atom. The third-order valence-electron chi connectivity index (χ3n) is 5.48. The van der Waals surface area contributed by atoms with E-state index in [-0.39, 0.29) is 0 Å². The average molecular weight is 516 g/mol. The molecule has 0 aliphatic heterocycles. The van der Waals surface area contributed by atoms with Crippen LogP contribution in [0, 0.1) is 0 Å². The monoisotopic (exact) mass is 516 g/mol. The van der Waals surface area contributed by atoms with Crippen LogP contribution in [0.2, 0.25) is 0 Å². The third-order valence-corrected chi connectivity index (χ3v) is 8.33. The minimum atomic E-state index is -5.25. The van der Waals surface area contributed by atoms with Gasteiger partial charge < -0.3 is 0 Å². The molecule has 0 spiro atoms. The van der Waals surface area contributed by atoms with Crippen molar-refractivity contribution in [2.75, 3.05) is 18.5 Å². The van der Waals surface area contributed by atoms with Crippen LogP contribution in [-0.4, -0.2) is 40.2 Å². The molecule has 0 aromatic rings. The van der Waals surface area contributed by atoms with Crippen LogP contribution in [0.25, 0.3) is 0 Å². The summed E-state index contributed by atoms with van der Waals surface area (Å²) < 4.78 is 31.9. The van der Waals surface area contributed by atoms with Gasteiger partial charge in [-0.25, -0.2) is 0 Å². The molecular weight excluding hydrogens is 462 g/mol. The first-order valence-corrected chi connectivity index (χ1v) is 17.6. The summed E-state index contributed by atoms with van der Waals surface area (Å²) in [5.41, 5.74) is 0. The SMILES string of the molecule is CCCCCCCCP(CCCCCCCC)CCCCCCCC.O=[Se](=O)(O)O. The normalized spacial score (nSPS) is 11.5. The van der Waals surface area contributed by atoms with Gasteiger partial charge in [0.1, 0.15) is 0 Å². The van der Waals surface area contributed by atoms with E-state index in [1.54, 1.807) is 18.5 Å². The van der Waals surface area contributed by atoms with Crippen molar-refractivity contribution in [2.45, 2.75) is 136 Å². The molecule has 0 saturated heterocycles. The van der Waals surface area contributed by atoms with Gasteiger partial charge in [-0.1, -0.05) is 117 Å². The summed E-state index contributed by atoms with van der Waals surface area (Å²) in [4.78, 5) is 0. The van der Waals surface area contributed by atoms with E-state index in [0.29, 0.717) is 7.92 Å². The van der Waals surface area contributed by atoms with Gasteiger partial charge in [0, 0.05) is 0 Å². The molecule has 0 fully saturated rings. The Labute approximate surface area is 192 Å². The standard InChI is InChI=1S/C24H51P.H2O4Se/c1-4-7-10-13-16-19-22-25(23-20-17-14-11-8-5-2)24-21-18-15-12-9-6-3;1-5(2,3)4/h4-24H2,1-3H3;(H2,1,2,3,4). The Balaban J connectivity index is 0. The van der Waals surface area contributed by atoms with E-state index in [1.165, 1.54) is 116 Å². The number of hydrogen-bond acceptors (Lipinski definition) is 2. The fraction of sp³-hybridized carbons (Fsp3) is 1.00. The molecule has 2 N–H and O–H groups in total. The Morgan fingerprint density at radius 2 is 0.667 bits per heavy atom. The summed E-state index contributed by atoms with van der Waals surface area (Å²) in [6.45, 7) is 6.96. The van der Waals surface area contributed by atoms with Crippen molar-refractivity contribution >= 4 is 21.3 Å². The summed E-state index contributed by atoms with van der Waals surface area (Å²) in [6, 6.07) is 0. The van der Waals surface area contributed by atoms with E-state index >= 15 is 0 Å². The fourth-order valence-corrected chi connectivity index (χ4v) is 6.37. The Bertz CT molecular complexity index is 369. The predicted molar refractivity (Wildman–Crippen MR) is 133 cm³/mol. The molecule has 0 rings (SSSR count). The van der Waals surface area contributed by atoms with Crippen LogP contribution in [0.4, 0.5) is 0 Å². The molecule has 0 aromatic heterocycles. The zero-order chi connectivity index (χ0) is 22.9. The molecule has 0 aliphatic carbocycles. The molecule has 0 saturated carbocycles. The molecule has 0 heterocycles. The van der Waals surface area contributed by atoms with Crippen molar-refractivity contribution < 1.29 is 16.0 Å². The van der Waals surface area contributed by atoms with Crippen molar-refractivity contribution in [3.8, 4) is 0 Å². The second kappa shape index (κ2) is 25.7. The molecule has 0 atom stereocenters. The molecule has 0 radical (unpaired) electrons. The number of hydrogen-bond donors (Lipinski definition) is 2. The van der Waals surface area contributed by atoms with Gasteiger partial charge >= 0.3 is 29.4 Å². The van der Waals surface area contributed by atoms with E-state index in [4.69, 9.17) is 16.0 Å². The molecule has 0 amide bonds. The summed E-state index contributed by atoms with van der Waals surface area (Å²) in [5, 5.41) is 0. The zero-order valence-electron chi connectivity index (χ0n) is 20.4. The summed E-state index contributed by atoms with van der Waals surface area (Å²) in [5.74, 6) is 0.